The van der Waals surface area contributed by atoms with Crippen molar-refractivity contribution in [2.75, 3.05) is 5.32 Å². The molecule has 1 N–H and O–H groups in total. The van der Waals surface area contributed by atoms with Gasteiger partial charge in [-0.1, -0.05) is 29.8 Å². The monoisotopic (exact) mass is 339 g/mol. The van der Waals surface area contributed by atoms with E-state index >= 15 is 0 Å². The number of rotatable bonds is 3. The zero-order chi connectivity index (χ0) is 17.3. The second-order valence-corrected chi connectivity index (χ2v) is 6.31. The lowest BCUT2D eigenvalue weighted by atomic mass is 10.1. The summed E-state index contributed by atoms with van der Waals surface area (Å²) in [6.07, 6.45) is 0. The van der Waals surface area contributed by atoms with E-state index in [1.54, 1.807) is 12.1 Å². The number of nitrogens with one attached hydrogen (secondary N) is 1. The van der Waals surface area contributed by atoms with Gasteiger partial charge in [0.15, 0.2) is 5.76 Å². The van der Waals surface area contributed by atoms with Crippen LogP contribution in [0.2, 0.25) is 5.02 Å². The molecule has 3 aromatic rings. The number of carbonyl (C=O) groups is 1. The van der Waals surface area contributed by atoms with Crippen LogP contribution in [0.3, 0.4) is 0 Å². The smallest absolute Gasteiger partial charge is 0.291 e. The van der Waals surface area contributed by atoms with Crippen molar-refractivity contribution >= 4 is 23.2 Å². The van der Waals surface area contributed by atoms with Crippen molar-refractivity contribution in [2.45, 2.75) is 20.8 Å². The van der Waals surface area contributed by atoms with Crippen LogP contribution in [0, 0.1) is 20.8 Å². The quantitative estimate of drug-likeness (QED) is 0.657. The van der Waals surface area contributed by atoms with Crippen LogP contribution < -0.4 is 5.32 Å². The van der Waals surface area contributed by atoms with Gasteiger partial charge in [-0.05, 0) is 67.8 Å². The van der Waals surface area contributed by atoms with Crippen molar-refractivity contribution in [3.05, 3.63) is 76.0 Å². The second kappa shape index (κ2) is 6.54. The fourth-order valence-corrected chi connectivity index (χ4v) is 2.89. The van der Waals surface area contributed by atoms with Crippen molar-refractivity contribution in [1.29, 1.82) is 0 Å². The molecule has 4 heteroatoms. The Morgan fingerprint density at radius 1 is 1.00 bits per heavy atom. The van der Waals surface area contributed by atoms with Crippen molar-refractivity contribution < 1.29 is 9.21 Å². The van der Waals surface area contributed by atoms with Gasteiger partial charge in [-0.25, -0.2) is 0 Å². The van der Waals surface area contributed by atoms with Gasteiger partial charge >= 0.3 is 0 Å². The zero-order valence-electron chi connectivity index (χ0n) is 13.8. The van der Waals surface area contributed by atoms with Gasteiger partial charge in [0.05, 0.1) is 0 Å². The number of carbonyl (C=O) groups excluding carboxylic acids is 1. The zero-order valence-corrected chi connectivity index (χ0v) is 14.6. The normalized spacial score (nSPS) is 10.7. The van der Waals surface area contributed by atoms with Gasteiger partial charge in [0.1, 0.15) is 5.76 Å². The molecule has 0 bridgehead atoms. The van der Waals surface area contributed by atoms with Crippen LogP contribution in [0.4, 0.5) is 5.69 Å². The Morgan fingerprint density at radius 3 is 2.42 bits per heavy atom. The van der Waals surface area contributed by atoms with Crippen molar-refractivity contribution in [3.8, 4) is 11.3 Å². The fraction of sp³-hybridized carbons (Fsp3) is 0.150. The lowest BCUT2D eigenvalue weighted by Gasteiger charge is -2.06. The van der Waals surface area contributed by atoms with Crippen LogP contribution >= 0.6 is 11.6 Å². The lowest BCUT2D eigenvalue weighted by molar-refractivity contribution is 0.0997. The van der Waals surface area contributed by atoms with Crippen molar-refractivity contribution in [3.63, 3.8) is 0 Å². The molecule has 1 aromatic heterocycles. The van der Waals surface area contributed by atoms with Gasteiger partial charge in [-0.3, -0.25) is 4.79 Å². The van der Waals surface area contributed by atoms with E-state index in [2.05, 4.69) is 11.4 Å². The minimum atomic E-state index is -0.272. The van der Waals surface area contributed by atoms with E-state index in [1.807, 2.05) is 51.1 Å². The summed E-state index contributed by atoms with van der Waals surface area (Å²) in [7, 11) is 0. The molecular formula is C20H18ClNO2. The average Bonchev–Trinajstić information content (AvgIpc) is 2.98. The van der Waals surface area contributed by atoms with E-state index in [-0.39, 0.29) is 11.7 Å². The standard InChI is InChI=1S/C20H18ClNO2/c1-12-9-13(2)11-15(10-12)22-20(23)19-8-7-18(24-19)16-5-4-6-17(21)14(16)3/h4-11H,1-3H3,(H,22,23). The van der Waals surface area contributed by atoms with E-state index in [9.17, 15) is 4.79 Å². The Kier molecular flexibility index (Phi) is 4.45. The first kappa shape index (κ1) is 16.3. The molecule has 0 saturated heterocycles. The summed E-state index contributed by atoms with van der Waals surface area (Å²) in [6.45, 7) is 5.92. The molecule has 1 amide bonds. The molecule has 0 spiro atoms. The van der Waals surface area contributed by atoms with Crippen LogP contribution in [-0.4, -0.2) is 5.91 Å². The van der Waals surface area contributed by atoms with E-state index < -0.39 is 0 Å². The largest absolute Gasteiger partial charge is 0.451 e. The summed E-state index contributed by atoms with van der Waals surface area (Å²) in [5.74, 6) is 0.620. The summed E-state index contributed by atoms with van der Waals surface area (Å²) in [4.78, 5) is 12.4. The number of furan rings is 1. The van der Waals surface area contributed by atoms with E-state index in [1.165, 1.54) is 0 Å². The Bertz CT molecular complexity index is 892. The molecule has 0 aliphatic heterocycles. The maximum atomic E-state index is 12.4. The average molecular weight is 340 g/mol. The highest BCUT2D eigenvalue weighted by atomic mass is 35.5. The van der Waals surface area contributed by atoms with Crippen molar-refractivity contribution in [2.24, 2.45) is 0 Å². The maximum absolute atomic E-state index is 12.4. The van der Waals surface area contributed by atoms with Gasteiger partial charge in [-0.15, -0.1) is 0 Å². The molecule has 0 saturated carbocycles. The van der Waals surface area contributed by atoms with Crippen molar-refractivity contribution in [1.82, 2.24) is 0 Å². The van der Waals surface area contributed by atoms with Gasteiger partial charge < -0.3 is 9.73 Å². The van der Waals surface area contributed by atoms with Gasteiger partial charge in [0.25, 0.3) is 5.91 Å². The predicted octanol–water partition coefficient (Wildman–Crippen LogP) is 5.78. The van der Waals surface area contributed by atoms with Gasteiger partial charge in [-0.2, -0.15) is 0 Å². The first-order chi connectivity index (χ1) is 11.4. The van der Waals surface area contributed by atoms with Crippen LogP contribution in [0.1, 0.15) is 27.2 Å². The molecule has 122 valence electrons. The molecule has 0 aliphatic carbocycles. The summed E-state index contributed by atoms with van der Waals surface area (Å²) in [6, 6.07) is 15.0. The summed E-state index contributed by atoms with van der Waals surface area (Å²) in [5.41, 5.74) is 4.76. The molecule has 1 heterocycles. The number of aryl methyl sites for hydroxylation is 2. The third-order valence-corrected chi connectivity index (χ3v) is 4.25. The highest BCUT2D eigenvalue weighted by molar-refractivity contribution is 6.31. The van der Waals surface area contributed by atoms with E-state index in [4.69, 9.17) is 16.0 Å². The van der Waals surface area contributed by atoms with E-state index in [0.717, 1.165) is 27.9 Å². The summed E-state index contributed by atoms with van der Waals surface area (Å²) in [5, 5.41) is 3.54. The number of halogens is 1. The second-order valence-electron chi connectivity index (χ2n) is 5.91. The molecule has 2 aromatic carbocycles. The minimum Gasteiger partial charge on any atom is -0.451 e. The third-order valence-electron chi connectivity index (χ3n) is 3.84. The molecule has 0 fully saturated rings. The Balaban J connectivity index is 1.85. The molecule has 24 heavy (non-hydrogen) atoms. The summed E-state index contributed by atoms with van der Waals surface area (Å²) >= 11 is 6.15. The van der Waals surface area contributed by atoms with Crippen LogP contribution in [0.15, 0.2) is 52.9 Å². The number of anilines is 1. The predicted molar refractivity (Wildman–Crippen MR) is 97.8 cm³/mol. The van der Waals surface area contributed by atoms with Crippen LogP contribution in [0.5, 0.6) is 0 Å². The van der Waals surface area contributed by atoms with Crippen LogP contribution in [-0.2, 0) is 0 Å². The third kappa shape index (κ3) is 3.36. The molecule has 3 nitrogen and oxygen atoms in total. The number of hydrogen-bond acceptors (Lipinski definition) is 2. The first-order valence-corrected chi connectivity index (χ1v) is 8.07. The van der Waals surface area contributed by atoms with Gasteiger partial charge in [0.2, 0.25) is 0 Å². The highest BCUT2D eigenvalue weighted by Gasteiger charge is 2.14. The Morgan fingerprint density at radius 2 is 1.71 bits per heavy atom. The Hall–Kier alpha value is -2.52. The highest BCUT2D eigenvalue weighted by Crippen LogP contribution is 2.30. The molecule has 0 unspecified atom stereocenters. The van der Waals surface area contributed by atoms with Crippen LogP contribution in [0.25, 0.3) is 11.3 Å². The maximum Gasteiger partial charge on any atom is 0.291 e. The SMILES string of the molecule is Cc1cc(C)cc(NC(=O)c2ccc(-c3cccc(Cl)c3C)o2)c1. The first-order valence-electron chi connectivity index (χ1n) is 7.69. The number of hydrogen-bond donors (Lipinski definition) is 1. The molecule has 3 rings (SSSR count). The van der Waals surface area contributed by atoms with Gasteiger partial charge in [0, 0.05) is 16.3 Å². The van der Waals surface area contributed by atoms with E-state index in [0.29, 0.717) is 10.8 Å². The topological polar surface area (TPSA) is 42.2 Å². The Labute approximate surface area is 146 Å². The molecule has 0 radical (unpaired) electrons. The molecular weight excluding hydrogens is 322 g/mol. The molecule has 0 aliphatic rings. The number of benzene rings is 2. The number of amides is 1. The lowest BCUT2D eigenvalue weighted by Crippen LogP contribution is -2.11. The fourth-order valence-electron chi connectivity index (χ4n) is 2.72. The summed E-state index contributed by atoms with van der Waals surface area (Å²) < 4.78 is 5.73. The minimum absolute atomic E-state index is 0.267. The molecule has 0 atom stereocenters.